The van der Waals surface area contributed by atoms with Crippen LogP contribution in [0.4, 0.5) is 15.9 Å². The second-order valence-electron chi connectivity index (χ2n) is 12.9. The molecule has 0 amide bonds. The summed E-state index contributed by atoms with van der Waals surface area (Å²) in [5, 5.41) is 25.0. The van der Waals surface area contributed by atoms with E-state index in [0.717, 1.165) is 36.2 Å². The van der Waals surface area contributed by atoms with Crippen molar-refractivity contribution in [3.63, 3.8) is 0 Å². The molecule has 0 aliphatic carbocycles. The summed E-state index contributed by atoms with van der Waals surface area (Å²) in [4.78, 5) is 37.8. The van der Waals surface area contributed by atoms with Gasteiger partial charge in [0, 0.05) is 34.5 Å². The lowest BCUT2D eigenvalue weighted by Gasteiger charge is -2.29. The largest absolute Gasteiger partial charge is 0.392 e. The Kier molecular flexibility index (Phi) is 8.26. The molecule has 0 bridgehead atoms. The van der Waals surface area contributed by atoms with Gasteiger partial charge in [-0.25, -0.2) is 19.5 Å². The summed E-state index contributed by atoms with van der Waals surface area (Å²) < 4.78 is 16.3. The number of H-pyrrole nitrogens is 1. The highest BCUT2D eigenvalue weighted by atomic mass is 19.1. The van der Waals surface area contributed by atoms with Crippen molar-refractivity contribution in [2.24, 2.45) is 0 Å². The van der Waals surface area contributed by atoms with Crippen LogP contribution in [0.5, 0.6) is 0 Å². The fourth-order valence-electron chi connectivity index (χ4n) is 6.00. The number of hydrogen-bond acceptors (Lipinski definition) is 9. The fourth-order valence-corrected chi connectivity index (χ4v) is 6.00. The summed E-state index contributed by atoms with van der Waals surface area (Å²) in [5.41, 5.74) is 2.17. The van der Waals surface area contributed by atoms with Gasteiger partial charge in [0.25, 0.3) is 11.1 Å². The van der Waals surface area contributed by atoms with E-state index in [1.54, 1.807) is 19.1 Å². The Morgan fingerprint density at radius 1 is 1.09 bits per heavy atom. The smallest absolute Gasteiger partial charge is 0.288 e. The predicted molar refractivity (Wildman–Crippen MR) is 175 cm³/mol. The van der Waals surface area contributed by atoms with Gasteiger partial charge in [0.2, 0.25) is 0 Å². The summed E-state index contributed by atoms with van der Waals surface area (Å²) in [6, 6.07) is 8.65. The molecule has 5 heterocycles. The number of aromatic nitrogens is 6. The third-order valence-electron chi connectivity index (χ3n) is 8.81. The summed E-state index contributed by atoms with van der Waals surface area (Å²) in [6.45, 7) is 9.18. The molecule has 0 radical (unpaired) electrons. The number of rotatable bonds is 6. The van der Waals surface area contributed by atoms with Crippen molar-refractivity contribution >= 4 is 22.3 Å². The highest BCUT2D eigenvalue weighted by molar-refractivity contribution is 5.83. The van der Waals surface area contributed by atoms with Gasteiger partial charge in [0.15, 0.2) is 5.82 Å². The van der Waals surface area contributed by atoms with E-state index in [1.807, 2.05) is 39.1 Å². The quantitative estimate of drug-likeness (QED) is 0.245. The minimum atomic E-state index is -0.710. The standard InChI is InChI=1S/C34H37FN8O3/c1-19-29(40-41-32(45)30(19)39-27-7-6-21(16-37-27)20-9-12-42(5)13-10-20)24-8-11-36-31(25(24)18-44)43-33(46)28-22(17-38-43)14-23(15-26(28)35)34(2,3)4/h6-8,11,14-17,20,44H,9-10,12-13,18H2,1-5H3,(H,41,45)(H,37,39,40). The summed E-state index contributed by atoms with van der Waals surface area (Å²) in [5.74, 6) is 0.324. The van der Waals surface area contributed by atoms with Crippen LogP contribution in [-0.2, 0) is 12.0 Å². The summed E-state index contributed by atoms with van der Waals surface area (Å²) in [7, 11) is 2.13. The van der Waals surface area contributed by atoms with Crippen molar-refractivity contribution in [1.82, 2.24) is 34.8 Å². The molecular weight excluding hydrogens is 587 g/mol. The third kappa shape index (κ3) is 5.81. The van der Waals surface area contributed by atoms with Crippen LogP contribution < -0.4 is 16.4 Å². The topological polar surface area (TPSA) is 142 Å². The summed E-state index contributed by atoms with van der Waals surface area (Å²) in [6.07, 6.45) is 6.87. The molecule has 238 valence electrons. The first-order valence-corrected chi connectivity index (χ1v) is 15.3. The van der Waals surface area contributed by atoms with Crippen LogP contribution in [0.3, 0.4) is 0 Å². The van der Waals surface area contributed by atoms with E-state index >= 15 is 4.39 Å². The number of benzene rings is 1. The number of aliphatic hydroxyl groups excluding tert-OH is 1. The van der Waals surface area contributed by atoms with Gasteiger partial charge in [-0.2, -0.15) is 14.9 Å². The second-order valence-corrected chi connectivity index (χ2v) is 12.9. The van der Waals surface area contributed by atoms with Gasteiger partial charge in [-0.05, 0) is 86.6 Å². The predicted octanol–water partition coefficient (Wildman–Crippen LogP) is 4.72. The monoisotopic (exact) mass is 624 g/mol. The van der Waals surface area contributed by atoms with Crippen molar-refractivity contribution in [3.8, 4) is 17.1 Å². The van der Waals surface area contributed by atoms with E-state index in [9.17, 15) is 14.7 Å². The maximum atomic E-state index is 15.3. The van der Waals surface area contributed by atoms with Gasteiger partial charge >= 0.3 is 0 Å². The fraction of sp³-hybridized carbons (Fsp3) is 0.353. The minimum Gasteiger partial charge on any atom is -0.392 e. The van der Waals surface area contributed by atoms with Crippen LogP contribution >= 0.6 is 0 Å². The number of likely N-dealkylation sites (tertiary alicyclic amines) is 1. The molecule has 11 nitrogen and oxygen atoms in total. The van der Waals surface area contributed by atoms with Crippen LogP contribution in [0.15, 0.2) is 58.5 Å². The molecule has 0 saturated carbocycles. The first kappa shape index (κ1) is 31.2. The van der Waals surface area contributed by atoms with Gasteiger partial charge in [-0.1, -0.05) is 26.8 Å². The van der Waals surface area contributed by atoms with Gasteiger partial charge in [0.05, 0.1) is 23.9 Å². The number of fused-ring (bicyclic) bond motifs is 1. The number of aliphatic hydroxyl groups is 1. The van der Waals surface area contributed by atoms with Crippen molar-refractivity contribution < 1.29 is 9.50 Å². The third-order valence-corrected chi connectivity index (χ3v) is 8.81. The molecule has 0 unspecified atom stereocenters. The Morgan fingerprint density at radius 2 is 1.85 bits per heavy atom. The second kappa shape index (κ2) is 12.2. The Hall–Kier alpha value is -4.81. The van der Waals surface area contributed by atoms with E-state index in [0.29, 0.717) is 33.9 Å². The van der Waals surface area contributed by atoms with E-state index in [1.165, 1.54) is 24.0 Å². The highest BCUT2D eigenvalue weighted by Gasteiger charge is 2.23. The number of halogens is 1. The molecule has 1 aliphatic heterocycles. The highest BCUT2D eigenvalue weighted by Crippen LogP contribution is 2.32. The molecule has 3 N–H and O–H groups in total. The maximum absolute atomic E-state index is 15.3. The first-order chi connectivity index (χ1) is 22.0. The van der Waals surface area contributed by atoms with E-state index in [-0.39, 0.29) is 27.9 Å². The van der Waals surface area contributed by atoms with E-state index in [2.05, 4.69) is 42.5 Å². The lowest BCUT2D eigenvalue weighted by Crippen LogP contribution is -2.29. The Bertz CT molecular complexity index is 2040. The number of aromatic amines is 1. The Labute approximate surface area is 265 Å². The Balaban J connectivity index is 1.37. The van der Waals surface area contributed by atoms with E-state index in [4.69, 9.17) is 0 Å². The average molecular weight is 625 g/mol. The van der Waals surface area contributed by atoms with Crippen LogP contribution in [0.1, 0.15) is 61.8 Å². The molecule has 0 spiro atoms. The van der Waals surface area contributed by atoms with Crippen LogP contribution in [0, 0.1) is 12.7 Å². The van der Waals surface area contributed by atoms with Crippen molar-refractivity contribution in [2.45, 2.75) is 58.5 Å². The SMILES string of the molecule is Cc1c(-c2ccnc(-n3ncc4cc(C(C)(C)C)cc(F)c4c3=O)c2CO)n[nH]c(=O)c1Nc1ccc(C2CCN(C)CC2)cn1. The van der Waals surface area contributed by atoms with Crippen LogP contribution in [-0.4, -0.2) is 60.1 Å². The number of nitrogens with zero attached hydrogens (tertiary/aromatic N) is 6. The number of nitrogens with one attached hydrogen (secondary N) is 2. The molecule has 6 rings (SSSR count). The molecule has 1 aromatic carbocycles. The number of anilines is 2. The van der Waals surface area contributed by atoms with Crippen molar-refractivity contribution in [3.05, 3.63) is 97.7 Å². The molecule has 1 fully saturated rings. The van der Waals surface area contributed by atoms with Crippen molar-refractivity contribution in [1.29, 1.82) is 0 Å². The molecule has 12 heteroatoms. The van der Waals surface area contributed by atoms with Crippen molar-refractivity contribution in [2.75, 3.05) is 25.5 Å². The minimum absolute atomic E-state index is 0.0271. The zero-order valence-electron chi connectivity index (χ0n) is 26.6. The summed E-state index contributed by atoms with van der Waals surface area (Å²) >= 11 is 0. The number of hydrogen-bond donors (Lipinski definition) is 3. The van der Waals surface area contributed by atoms with Gasteiger partial charge < -0.3 is 15.3 Å². The zero-order chi connectivity index (χ0) is 32.7. The first-order valence-electron chi connectivity index (χ1n) is 15.3. The molecular formula is C34H37FN8O3. The number of piperidine rings is 1. The van der Waals surface area contributed by atoms with Gasteiger partial charge in [0.1, 0.15) is 17.3 Å². The van der Waals surface area contributed by atoms with E-state index < -0.39 is 23.5 Å². The van der Waals surface area contributed by atoms with Gasteiger partial charge in [-0.3, -0.25) is 9.59 Å². The molecule has 1 saturated heterocycles. The molecule has 1 aliphatic rings. The van der Waals surface area contributed by atoms with Crippen LogP contribution in [0.25, 0.3) is 27.8 Å². The molecule has 4 aromatic heterocycles. The molecule has 5 aromatic rings. The lowest BCUT2D eigenvalue weighted by molar-refractivity contribution is 0.255. The Morgan fingerprint density at radius 3 is 2.52 bits per heavy atom. The number of pyridine rings is 2. The molecule has 46 heavy (non-hydrogen) atoms. The zero-order valence-corrected chi connectivity index (χ0v) is 26.6. The maximum Gasteiger partial charge on any atom is 0.288 e. The lowest BCUT2D eigenvalue weighted by atomic mass is 9.86. The average Bonchev–Trinajstić information content (AvgIpc) is 3.03. The van der Waals surface area contributed by atoms with Gasteiger partial charge in [-0.15, -0.1) is 0 Å². The normalized spacial score (nSPS) is 14.6. The molecule has 0 atom stereocenters. The van der Waals surface area contributed by atoms with Crippen LogP contribution in [0.2, 0.25) is 0 Å².